The zero-order valence-corrected chi connectivity index (χ0v) is 14.8. The highest BCUT2D eigenvalue weighted by atomic mass is 35.5. The van der Waals surface area contributed by atoms with Gasteiger partial charge in [-0.2, -0.15) is 14.9 Å². The fraction of sp³-hybridized carbons (Fsp3) is 0.0625. The molecule has 3 rings (SSSR count). The number of hydrogen-bond acceptors (Lipinski definition) is 6. The van der Waals surface area contributed by atoms with Crippen LogP contribution in [0.25, 0.3) is 0 Å². The minimum absolute atomic E-state index is 0.0840. The Balaban J connectivity index is 1.83. The number of aromatic amines is 1. The molecule has 0 saturated heterocycles. The van der Waals surface area contributed by atoms with E-state index in [9.17, 15) is 10.1 Å². The van der Waals surface area contributed by atoms with E-state index in [0.29, 0.717) is 22.2 Å². The second-order valence-corrected chi connectivity index (χ2v) is 5.86. The van der Waals surface area contributed by atoms with Crippen LogP contribution in [0.1, 0.15) is 11.4 Å². The summed E-state index contributed by atoms with van der Waals surface area (Å²) in [6.07, 6.45) is 1.38. The van der Waals surface area contributed by atoms with Crippen LogP contribution in [0.3, 0.4) is 0 Å². The minimum Gasteiger partial charge on any atom is -0.486 e. The van der Waals surface area contributed by atoms with Crippen molar-refractivity contribution in [2.24, 2.45) is 5.10 Å². The molecule has 0 atom stereocenters. The molecule has 1 heterocycles. The molecule has 0 spiro atoms. The first-order valence-electron chi connectivity index (χ1n) is 7.37. The molecule has 8 nitrogen and oxygen atoms in total. The Morgan fingerprint density at radius 2 is 2.12 bits per heavy atom. The van der Waals surface area contributed by atoms with E-state index in [-0.39, 0.29) is 17.1 Å². The second kappa shape index (κ2) is 7.89. The van der Waals surface area contributed by atoms with Crippen LogP contribution in [0.2, 0.25) is 5.02 Å². The Hall–Kier alpha value is -3.04. The van der Waals surface area contributed by atoms with Crippen LogP contribution in [0.5, 0.6) is 5.75 Å². The summed E-state index contributed by atoms with van der Waals surface area (Å²) in [7, 11) is 0. The summed E-state index contributed by atoms with van der Waals surface area (Å²) >= 11 is 11.2. The number of benzene rings is 2. The van der Waals surface area contributed by atoms with Crippen molar-refractivity contribution in [2.75, 3.05) is 0 Å². The van der Waals surface area contributed by atoms with E-state index in [2.05, 4.69) is 15.3 Å². The van der Waals surface area contributed by atoms with Gasteiger partial charge in [0.05, 0.1) is 11.1 Å². The molecule has 2 aromatic carbocycles. The van der Waals surface area contributed by atoms with E-state index in [1.807, 2.05) is 30.3 Å². The van der Waals surface area contributed by atoms with Crippen LogP contribution >= 0.6 is 23.8 Å². The first-order valence-corrected chi connectivity index (χ1v) is 8.15. The lowest BCUT2D eigenvalue weighted by atomic mass is 10.2. The van der Waals surface area contributed by atoms with E-state index < -0.39 is 4.92 Å². The first kappa shape index (κ1) is 17.8. The van der Waals surface area contributed by atoms with Gasteiger partial charge in [0, 0.05) is 22.7 Å². The average Bonchev–Trinajstić information content (AvgIpc) is 2.99. The number of rotatable bonds is 6. The predicted molar refractivity (Wildman–Crippen MR) is 99.3 cm³/mol. The Kier molecular flexibility index (Phi) is 5.40. The van der Waals surface area contributed by atoms with Crippen LogP contribution in [0, 0.1) is 14.9 Å². The number of aromatic nitrogens is 3. The largest absolute Gasteiger partial charge is 0.486 e. The maximum absolute atomic E-state index is 10.9. The molecule has 26 heavy (non-hydrogen) atoms. The summed E-state index contributed by atoms with van der Waals surface area (Å²) in [4.78, 5) is 10.4. The van der Waals surface area contributed by atoms with Crippen LogP contribution in [0.15, 0.2) is 53.6 Å². The van der Waals surface area contributed by atoms with Crippen molar-refractivity contribution < 1.29 is 9.66 Å². The molecule has 1 aromatic heterocycles. The van der Waals surface area contributed by atoms with Gasteiger partial charge in [-0.05, 0) is 30.4 Å². The smallest absolute Gasteiger partial charge is 0.270 e. The molecule has 0 aliphatic rings. The van der Waals surface area contributed by atoms with Gasteiger partial charge < -0.3 is 4.74 Å². The third-order valence-electron chi connectivity index (χ3n) is 3.33. The van der Waals surface area contributed by atoms with Gasteiger partial charge in [-0.3, -0.25) is 10.1 Å². The van der Waals surface area contributed by atoms with Crippen molar-refractivity contribution >= 4 is 35.7 Å². The molecular formula is C16H12ClN5O3S. The summed E-state index contributed by atoms with van der Waals surface area (Å²) < 4.78 is 7.26. The number of non-ortho nitro benzene ring substituents is 1. The Bertz CT molecular complexity index is 1020. The summed E-state index contributed by atoms with van der Waals surface area (Å²) in [6, 6.07) is 13.3. The van der Waals surface area contributed by atoms with Gasteiger partial charge in [0.2, 0.25) is 4.77 Å². The fourth-order valence-electron chi connectivity index (χ4n) is 2.06. The number of para-hydroxylation sites is 1. The SMILES string of the molecule is O=[N+]([O-])c1ccc(Cl)c(C=Nn2c(COc3ccccc3)n[nH]c2=S)c1. The number of nitro groups is 1. The molecule has 0 fully saturated rings. The number of nitrogens with zero attached hydrogens (tertiary/aromatic N) is 4. The number of hydrogen-bond donors (Lipinski definition) is 1. The highest BCUT2D eigenvalue weighted by Crippen LogP contribution is 2.20. The van der Waals surface area contributed by atoms with Crippen LogP contribution < -0.4 is 4.74 Å². The van der Waals surface area contributed by atoms with E-state index in [1.165, 1.54) is 29.1 Å². The molecule has 0 amide bonds. The van der Waals surface area contributed by atoms with Crippen molar-refractivity contribution in [3.63, 3.8) is 0 Å². The van der Waals surface area contributed by atoms with Gasteiger partial charge in [-0.25, -0.2) is 5.10 Å². The number of ether oxygens (including phenoxy) is 1. The van der Waals surface area contributed by atoms with Crippen molar-refractivity contribution in [3.8, 4) is 5.75 Å². The van der Waals surface area contributed by atoms with Gasteiger partial charge >= 0.3 is 0 Å². The summed E-state index contributed by atoms with van der Waals surface area (Å²) in [5.41, 5.74) is 0.304. The summed E-state index contributed by atoms with van der Waals surface area (Å²) in [5.74, 6) is 1.12. The lowest BCUT2D eigenvalue weighted by Gasteiger charge is -2.05. The summed E-state index contributed by atoms with van der Waals surface area (Å²) in [5, 5.41) is 22.1. The molecular weight excluding hydrogens is 378 g/mol. The van der Waals surface area contributed by atoms with E-state index in [1.54, 1.807) is 0 Å². The molecule has 1 N–H and O–H groups in total. The van der Waals surface area contributed by atoms with Crippen LogP contribution in [-0.2, 0) is 6.61 Å². The molecule has 3 aromatic rings. The zero-order valence-electron chi connectivity index (χ0n) is 13.2. The lowest BCUT2D eigenvalue weighted by Crippen LogP contribution is -2.04. The van der Waals surface area contributed by atoms with Gasteiger partial charge in [0.1, 0.15) is 12.4 Å². The zero-order chi connectivity index (χ0) is 18.5. The Morgan fingerprint density at radius 3 is 2.85 bits per heavy atom. The second-order valence-electron chi connectivity index (χ2n) is 5.07. The minimum atomic E-state index is -0.504. The Labute approximate surface area is 157 Å². The topological polar surface area (TPSA) is 98.3 Å². The third kappa shape index (κ3) is 4.13. The van der Waals surface area contributed by atoms with E-state index in [0.717, 1.165) is 0 Å². The highest BCUT2D eigenvalue weighted by molar-refractivity contribution is 7.71. The number of nitro benzene ring substituents is 1. The maximum Gasteiger partial charge on any atom is 0.270 e. The van der Waals surface area contributed by atoms with E-state index in [4.69, 9.17) is 28.6 Å². The van der Waals surface area contributed by atoms with E-state index >= 15 is 0 Å². The quantitative estimate of drug-likeness (QED) is 0.298. The van der Waals surface area contributed by atoms with Crippen molar-refractivity contribution in [3.05, 3.63) is 79.8 Å². The first-order chi connectivity index (χ1) is 12.5. The van der Waals surface area contributed by atoms with Crippen LogP contribution in [-0.4, -0.2) is 26.0 Å². The highest BCUT2D eigenvalue weighted by Gasteiger charge is 2.10. The molecule has 0 saturated carbocycles. The number of halogens is 1. The molecule has 132 valence electrons. The molecule has 0 bridgehead atoms. The number of nitrogens with one attached hydrogen (secondary N) is 1. The normalized spacial score (nSPS) is 11.0. The molecule has 0 aliphatic carbocycles. The van der Waals surface area contributed by atoms with Gasteiger partial charge in [0.15, 0.2) is 5.82 Å². The monoisotopic (exact) mass is 389 g/mol. The predicted octanol–water partition coefficient (Wildman–Crippen LogP) is 3.96. The molecule has 0 unspecified atom stereocenters. The standard InChI is InChI=1S/C16H12ClN5O3S/c17-14-7-6-12(22(23)24)8-11(14)9-18-21-15(19-20-16(21)26)10-25-13-4-2-1-3-5-13/h1-9H,10H2,(H,20,26). The van der Waals surface area contributed by atoms with Crippen LogP contribution in [0.4, 0.5) is 5.69 Å². The third-order valence-corrected chi connectivity index (χ3v) is 3.94. The molecule has 10 heteroatoms. The average molecular weight is 390 g/mol. The van der Waals surface area contributed by atoms with Gasteiger partial charge in [0.25, 0.3) is 5.69 Å². The van der Waals surface area contributed by atoms with Gasteiger partial charge in [-0.15, -0.1) is 0 Å². The Morgan fingerprint density at radius 1 is 1.35 bits per heavy atom. The van der Waals surface area contributed by atoms with Crippen molar-refractivity contribution in [1.82, 2.24) is 14.9 Å². The summed E-state index contributed by atoms with van der Waals surface area (Å²) in [6.45, 7) is 0.136. The maximum atomic E-state index is 10.9. The van der Waals surface area contributed by atoms with Crippen molar-refractivity contribution in [1.29, 1.82) is 0 Å². The molecule has 0 radical (unpaired) electrons. The molecule has 0 aliphatic heterocycles. The number of H-pyrrole nitrogens is 1. The fourth-order valence-corrected chi connectivity index (χ4v) is 2.43. The lowest BCUT2D eigenvalue weighted by molar-refractivity contribution is -0.384. The van der Waals surface area contributed by atoms with Gasteiger partial charge in [-0.1, -0.05) is 29.8 Å². The van der Waals surface area contributed by atoms with Crippen molar-refractivity contribution in [2.45, 2.75) is 6.61 Å².